The summed E-state index contributed by atoms with van der Waals surface area (Å²) >= 11 is 0. The van der Waals surface area contributed by atoms with Crippen LogP contribution in [0.15, 0.2) is 0 Å². The Balaban J connectivity index is -0.00000000500. The van der Waals surface area contributed by atoms with Crippen molar-refractivity contribution in [2.24, 2.45) is 0 Å². The first-order valence-electron chi connectivity index (χ1n) is 0.200. The zero-order chi connectivity index (χ0) is 2.00. The molecule has 0 aliphatic carbocycles. The Labute approximate surface area is 40.3 Å². The first-order chi connectivity index (χ1) is 1.00. The summed E-state index contributed by atoms with van der Waals surface area (Å²) in [5, 5.41) is 12.0. The van der Waals surface area contributed by atoms with E-state index in [1.165, 1.54) is 0 Å². The molecule has 0 bridgehead atoms. The molecular weight excluding hydrogens is 70.3 g/mol. The van der Waals surface area contributed by atoms with E-state index in [1.807, 2.05) is 0 Å². The van der Waals surface area contributed by atoms with Crippen LogP contribution in [0.2, 0.25) is 0 Å². The van der Waals surface area contributed by atoms with Crippen molar-refractivity contribution in [2.75, 3.05) is 0 Å². The molecule has 0 aromatic rings. The largest absolute Gasteiger partial charge is 0.344 e. The summed E-state index contributed by atoms with van der Waals surface area (Å²) in [5.41, 5.74) is 0. The van der Waals surface area contributed by atoms with Gasteiger partial charge in [-0.15, -0.1) is 0 Å². The fourth-order valence-electron chi connectivity index (χ4n) is 0. The summed E-state index contributed by atoms with van der Waals surface area (Å²) in [4.78, 5) is 0. The number of rotatable bonds is 0. The van der Waals surface area contributed by atoms with E-state index in [1.54, 1.807) is 0 Å². The molecule has 0 aromatic carbocycles. The third-order valence-corrected chi connectivity index (χ3v) is 0. The normalized spacial score (nSPS) is 1.50. The van der Waals surface area contributed by atoms with Gasteiger partial charge >= 0.3 is 23.1 Å². The van der Waals surface area contributed by atoms with E-state index in [4.69, 9.17) is 10.5 Å². The summed E-state index contributed by atoms with van der Waals surface area (Å²) in [6, 6.07) is 0. The zero-order valence-corrected chi connectivity index (χ0v) is 1.60. The van der Waals surface area contributed by atoms with Gasteiger partial charge in [-0.1, -0.05) is 0 Å². The van der Waals surface area contributed by atoms with E-state index in [0.717, 1.165) is 0 Å². The molecule has 0 aromatic heterocycles. The van der Waals surface area contributed by atoms with Gasteiger partial charge in [-0.05, 0) is 0 Å². The van der Waals surface area contributed by atoms with Crippen LogP contribution in [0.5, 0.6) is 0 Å². The molecule has 0 radical (unpaired) electrons. The molecule has 0 aliphatic rings. The quantitative estimate of drug-likeness (QED) is 0.203. The van der Waals surface area contributed by atoms with Crippen LogP contribution in [-0.4, -0.2) is 33.6 Å². The van der Waals surface area contributed by atoms with Crippen LogP contribution in [0.25, 0.3) is 0 Å². The Hall–Kier alpha value is 0.646. The summed E-state index contributed by atoms with van der Waals surface area (Å²) in [6.07, 6.45) is 0. The van der Waals surface area contributed by atoms with Crippen molar-refractivity contribution in [3.05, 3.63) is 0 Å². The Kier molecular flexibility index (Phi) is 348. The van der Waals surface area contributed by atoms with Crippen LogP contribution in [0.4, 0.5) is 0 Å². The third kappa shape index (κ3) is 17.2. The standard InChI is InChI=1S/Mg.H3N.H2O2.2H/c;;1-2;;/h;1H3;1-2H;;. The molecule has 0 spiro atoms. The van der Waals surface area contributed by atoms with Gasteiger partial charge in [0.05, 0.1) is 0 Å². The second kappa shape index (κ2) is 61.1. The molecule has 0 unspecified atom stereocenters. The molecule has 0 fully saturated rings. The monoisotopic (exact) mass is 77.0 g/mol. The maximum Gasteiger partial charge on any atom is 0.316 e. The van der Waals surface area contributed by atoms with E-state index in [0.29, 0.717) is 0 Å². The van der Waals surface area contributed by atoms with E-state index in [2.05, 4.69) is 0 Å². The number of hydrogen-bond donors (Lipinski definition) is 3. The molecule has 0 atom stereocenters. The molecule has 0 aliphatic heterocycles. The summed E-state index contributed by atoms with van der Waals surface area (Å²) < 4.78 is 0. The Morgan fingerprint density at radius 3 is 1.00 bits per heavy atom. The zero-order valence-electron chi connectivity index (χ0n) is 1.60. The lowest BCUT2D eigenvalue weighted by Crippen LogP contribution is -1.29. The molecule has 3 nitrogen and oxygen atoms in total. The molecular formula is H7MgNO2. The minimum absolute atomic E-state index is 0. The topological polar surface area (TPSA) is 75.5 Å². The lowest BCUT2D eigenvalue weighted by atomic mass is 14.0. The van der Waals surface area contributed by atoms with Gasteiger partial charge in [0.2, 0.25) is 0 Å². The molecule has 0 rings (SSSR count). The summed E-state index contributed by atoms with van der Waals surface area (Å²) in [6.45, 7) is 0. The van der Waals surface area contributed by atoms with Gasteiger partial charge < -0.3 is 6.15 Å². The van der Waals surface area contributed by atoms with Gasteiger partial charge in [-0.3, -0.25) is 10.5 Å². The SMILES string of the molecule is N.OO.[MgH2]. The maximum atomic E-state index is 6.00. The smallest absolute Gasteiger partial charge is 0.316 e. The Bertz CT molecular complexity index is 6.00. The van der Waals surface area contributed by atoms with Crippen LogP contribution in [-0.2, 0) is 0 Å². The van der Waals surface area contributed by atoms with Gasteiger partial charge in [0.1, 0.15) is 0 Å². The highest BCUT2D eigenvalue weighted by Crippen LogP contribution is 0.711. The predicted molar refractivity (Wildman–Crippen MR) is 18.8 cm³/mol. The second-order valence-corrected chi connectivity index (χ2v) is 0. The van der Waals surface area contributed by atoms with Crippen LogP contribution in [0, 0.1) is 0 Å². The average molecular weight is 77.4 g/mol. The van der Waals surface area contributed by atoms with Crippen molar-refractivity contribution >= 4 is 23.1 Å². The van der Waals surface area contributed by atoms with E-state index in [-0.39, 0.29) is 29.2 Å². The second-order valence-electron chi connectivity index (χ2n) is 0. The molecule has 0 saturated heterocycles. The highest BCUT2D eigenvalue weighted by molar-refractivity contribution is 5.75. The summed E-state index contributed by atoms with van der Waals surface area (Å²) in [7, 11) is 0. The van der Waals surface area contributed by atoms with Crippen LogP contribution < -0.4 is 6.15 Å². The molecule has 0 amide bonds. The van der Waals surface area contributed by atoms with Crippen molar-refractivity contribution in [3.63, 3.8) is 0 Å². The fourth-order valence-corrected chi connectivity index (χ4v) is 0. The highest BCUT2D eigenvalue weighted by Gasteiger charge is 0.745. The Morgan fingerprint density at radius 2 is 1.00 bits per heavy atom. The average Bonchev–Trinajstić information content (AvgIpc) is 1.00. The lowest BCUT2D eigenvalue weighted by molar-refractivity contribution is -0.176. The third-order valence-electron chi connectivity index (χ3n) is 0. The van der Waals surface area contributed by atoms with Crippen molar-refractivity contribution in [3.8, 4) is 0 Å². The van der Waals surface area contributed by atoms with Gasteiger partial charge in [-0.25, -0.2) is 0 Å². The molecule has 4 heteroatoms. The Morgan fingerprint density at radius 1 is 1.00 bits per heavy atom. The van der Waals surface area contributed by atoms with E-state index in [9.17, 15) is 0 Å². The van der Waals surface area contributed by atoms with Crippen LogP contribution in [0.3, 0.4) is 0 Å². The van der Waals surface area contributed by atoms with Gasteiger partial charge in [-0.2, -0.15) is 0 Å². The molecule has 0 saturated carbocycles. The van der Waals surface area contributed by atoms with Crippen molar-refractivity contribution in [1.82, 2.24) is 6.15 Å². The van der Waals surface area contributed by atoms with Gasteiger partial charge in [0.15, 0.2) is 0 Å². The van der Waals surface area contributed by atoms with E-state index < -0.39 is 0 Å². The van der Waals surface area contributed by atoms with Gasteiger partial charge in [0, 0.05) is 0 Å². The molecule has 0 heterocycles. The molecule has 4 heavy (non-hydrogen) atoms. The first kappa shape index (κ1) is 22.8. The van der Waals surface area contributed by atoms with Crippen molar-refractivity contribution in [2.45, 2.75) is 0 Å². The van der Waals surface area contributed by atoms with Crippen LogP contribution in [0.1, 0.15) is 0 Å². The highest BCUT2D eigenvalue weighted by atomic mass is 24.3. The minimum Gasteiger partial charge on any atom is -0.344 e. The maximum absolute atomic E-state index is 6.00. The fraction of sp³-hybridized carbons (Fsp3) is 0. The molecule has 5 N–H and O–H groups in total. The lowest BCUT2D eigenvalue weighted by Gasteiger charge is -1.25. The predicted octanol–water partition coefficient (Wildman–Crippen LogP) is -0.737. The van der Waals surface area contributed by atoms with Crippen LogP contribution >= 0.6 is 0 Å². The first-order valence-corrected chi connectivity index (χ1v) is 0.200. The van der Waals surface area contributed by atoms with Gasteiger partial charge in [0.25, 0.3) is 0 Å². The van der Waals surface area contributed by atoms with E-state index >= 15 is 0 Å². The van der Waals surface area contributed by atoms with Crippen molar-refractivity contribution < 1.29 is 10.5 Å². The summed E-state index contributed by atoms with van der Waals surface area (Å²) in [5.74, 6) is 0. The molecule has 26 valence electrons. The minimum atomic E-state index is 0. The van der Waals surface area contributed by atoms with Crippen molar-refractivity contribution in [1.29, 1.82) is 0 Å². The number of hydrogen-bond acceptors (Lipinski definition) is 3.